The fourth-order valence-corrected chi connectivity index (χ4v) is 2.83. The van der Waals surface area contributed by atoms with Gasteiger partial charge in [-0.25, -0.2) is 0 Å². The Labute approximate surface area is 182 Å². The van der Waals surface area contributed by atoms with Gasteiger partial charge in [0.05, 0.1) is 16.3 Å². The first-order valence-corrected chi connectivity index (χ1v) is 9.66. The Kier molecular flexibility index (Phi) is 7.11. The van der Waals surface area contributed by atoms with Crippen LogP contribution in [0.15, 0.2) is 65.3 Å². The van der Waals surface area contributed by atoms with Gasteiger partial charge < -0.3 is 20.4 Å². The predicted octanol–water partition coefficient (Wildman–Crippen LogP) is 4.00. The molecule has 0 aliphatic heterocycles. The van der Waals surface area contributed by atoms with Crippen molar-refractivity contribution in [2.75, 3.05) is 18.4 Å². The van der Waals surface area contributed by atoms with Crippen LogP contribution in [0.4, 0.5) is 5.69 Å². The van der Waals surface area contributed by atoms with Gasteiger partial charge in [0.15, 0.2) is 5.76 Å². The summed E-state index contributed by atoms with van der Waals surface area (Å²) in [5.74, 6) is -0.913. The lowest BCUT2D eigenvalue weighted by Gasteiger charge is -2.09. The highest BCUT2D eigenvalue weighted by atomic mass is 35.5. The van der Waals surface area contributed by atoms with E-state index in [-0.39, 0.29) is 35.7 Å². The number of nitrogens with one attached hydrogen (secondary N) is 3. The molecule has 0 aliphatic rings. The molecule has 0 atom stereocenters. The first kappa shape index (κ1) is 21.4. The zero-order valence-electron chi connectivity index (χ0n) is 15.6. The van der Waals surface area contributed by atoms with Gasteiger partial charge in [-0.3, -0.25) is 14.4 Å². The van der Waals surface area contributed by atoms with E-state index in [1.807, 2.05) is 0 Å². The highest BCUT2D eigenvalue weighted by Gasteiger charge is 2.11. The lowest BCUT2D eigenvalue weighted by atomic mass is 10.2. The average molecular weight is 446 g/mol. The minimum absolute atomic E-state index is 0.169. The molecule has 0 aliphatic carbocycles. The van der Waals surface area contributed by atoms with Crippen molar-refractivity contribution in [2.24, 2.45) is 0 Å². The van der Waals surface area contributed by atoms with Crippen molar-refractivity contribution in [3.05, 3.63) is 87.8 Å². The van der Waals surface area contributed by atoms with E-state index in [1.54, 1.807) is 36.4 Å². The quantitative estimate of drug-likeness (QED) is 0.478. The van der Waals surface area contributed by atoms with Crippen LogP contribution < -0.4 is 16.0 Å². The molecule has 2 aromatic carbocycles. The van der Waals surface area contributed by atoms with Gasteiger partial charge in [-0.2, -0.15) is 0 Å². The Morgan fingerprint density at radius 2 is 1.47 bits per heavy atom. The number of furan rings is 1. The number of halogens is 2. The standard InChI is InChI=1S/C21H17Cl2N3O4/c22-16-7-6-14(12-17(16)23)20(28)25-9-8-24-19(27)13-3-1-4-15(11-13)26-21(29)18-5-2-10-30-18/h1-7,10-12H,8-9H2,(H,24,27)(H,25,28)(H,26,29). The van der Waals surface area contributed by atoms with E-state index in [9.17, 15) is 14.4 Å². The molecular formula is C21H17Cl2N3O4. The van der Waals surface area contributed by atoms with Gasteiger partial charge in [0.25, 0.3) is 17.7 Å². The number of carbonyl (C=O) groups excluding carboxylic acids is 3. The van der Waals surface area contributed by atoms with Crippen LogP contribution in [0, 0.1) is 0 Å². The number of benzene rings is 2. The Hall–Kier alpha value is -3.29. The number of anilines is 1. The first-order chi connectivity index (χ1) is 14.4. The van der Waals surface area contributed by atoms with E-state index in [2.05, 4.69) is 16.0 Å². The second-order valence-corrected chi connectivity index (χ2v) is 6.97. The average Bonchev–Trinajstić information content (AvgIpc) is 3.28. The zero-order chi connectivity index (χ0) is 21.5. The number of hydrogen-bond acceptors (Lipinski definition) is 4. The number of amides is 3. The monoisotopic (exact) mass is 445 g/mol. The van der Waals surface area contributed by atoms with Crippen molar-refractivity contribution in [3.63, 3.8) is 0 Å². The van der Waals surface area contributed by atoms with E-state index in [0.717, 1.165) is 0 Å². The SMILES string of the molecule is O=C(NCCNC(=O)c1ccc(Cl)c(Cl)c1)c1cccc(NC(=O)c2ccco2)c1. The molecule has 0 saturated carbocycles. The largest absolute Gasteiger partial charge is 0.459 e. The van der Waals surface area contributed by atoms with Crippen LogP contribution in [-0.2, 0) is 0 Å². The Morgan fingerprint density at radius 1 is 0.767 bits per heavy atom. The summed E-state index contributed by atoms with van der Waals surface area (Å²) in [5, 5.41) is 8.70. The zero-order valence-corrected chi connectivity index (χ0v) is 17.1. The van der Waals surface area contributed by atoms with Crippen LogP contribution in [0.5, 0.6) is 0 Å². The maximum Gasteiger partial charge on any atom is 0.291 e. The van der Waals surface area contributed by atoms with Gasteiger partial charge in [-0.05, 0) is 48.5 Å². The van der Waals surface area contributed by atoms with Crippen LogP contribution >= 0.6 is 23.2 Å². The molecular weight excluding hydrogens is 429 g/mol. The van der Waals surface area contributed by atoms with Crippen LogP contribution in [0.1, 0.15) is 31.3 Å². The first-order valence-electron chi connectivity index (χ1n) is 8.90. The van der Waals surface area contributed by atoms with Crippen molar-refractivity contribution in [1.82, 2.24) is 10.6 Å². The maximum atomic E-state index is 12.3. The van der Waals surface area contributed by atoms with Gasteiger partial charge in [0.2, 0.25) is 0 Å². The van der Waals surface area contributed by atoms with Crippen molar-refractivity contribution in [3.8, 4) is 0 Å². The molecule has 9 heteroatoms. The Morgan fingerprint density at radius 3 is 2.10 bits per heavy atom. The summed E-state index contributed by atoms with van der Waals surface area (Å²) in [6.07, 6.45) is 1.40. The summed E-state index contributed by atoms with van der Waals surface area (Å²) in [7, 11) is 0. The lowest BCUT2D eigenvalue weighted by molar-refractivity contribution is 0.0927. The Bertz CT molecular complexity index is 1070. The van der Waals surface area contributed by atoms with Gasteiger partial charge in [-0.1, -0.05) is 29.3 Å². The van der Waals surface area contributed by atoms with Crippen LogP contribution in [0.2, 0.25) is 10.0 Å². The molecule has 0 bridgehead atoms. The topological polar surface area (TPSA) is 100 Å². The smallest absolute Gasteiger partial charge is 0.291 e. The normalized spacial score (nSPS) is 10.3. The molecule has 3 aromatic rings. The molecule has 0 spiro atoms. The number of carbonyl (C=O) groups is 3. The summed E-state index contributed by atoms with van der Waals surface area (Å²) in [6.45, 7) is 0.439. The minimum atomic E-state index is -0.414. The van der Waals surface area contributed by atoms with E-state index in [1.165, 1.54) is 24.5 Å². The summed E-state index contributed by atoms with van der Waals surface area (Å²) in [6, 6.07) is 14.2. The third-order valence-corrected chi connectivity index (χ3v) is 4.74. The van der Waals surface area contributed by atoms with Crippen LogP contribution in [0.3, 0.4) is 0 Å². The van der Waals surface area contributed by atoms with Gasteiger partial charge >= 0.3 is 0 Å². The fourth-order valence-electron chi connectivity index (χ4n) is 2.53. The van der Waals surface area contributed by atoms with Crippen molar-refractivity contribution in [2.45, 2.75) is 0 Å². The lowest BCUT2D eigenvalue weighted by Crippen LogP contribution is -2.34. The highest BCUT2D eigenvalue weighted by molar-refractivity contribution is 6.42. The van der Waals surface area contributed by atoms with Crippen molar-refractivity contribution in [1.29, 1.82) is 0 Å². The second-order valence-electron chi connectivity index (χ2n) is 6.15. The van der Waals surface area contributed by atoms with E-state index in [4.69, 9.17) is 27.6 Å². The summed E-state index contributed by atoms with van der Waals surface area (Å²) < 4.78 is 5.03. The molecule has 30 heavy (non-hydrogen) atoms. The van der Waals surface area contributed by atoms with E-state index < -0.39 is 5.91 Å². The van der Waals surface area contributed by atoms with Gasteiger partial charge in [0.1, 0.15) is 0 Å². The third kappa shape index (κ3) is 5.62. The minimum Gasteiger partial charge on any atom is -0.459 e. The van der Waals surface area contributed by atoms with E-state index in [0.29, 0.717) is 21.8 Å². The predicted molar refractivity (Wildman–Crippen MR) is 114 cm³/mol. The van der Waals surface area contributed by atoms with Crippen LogP contribution in [-0.4, -0.2) is 30.8 Å². The fraction of sp³-hybridized carbons (Fsp3) is 0.0952. The third-order valence-electron chi connectivity index (χ3n) is 4.01. The molecule has 1 aromatic heterocycles. The molecule has 0 unspecified atom stereocenters. The molecule has 1 heterocycles. The van der Waals surface area contributed by atoms with E-state index >= 15 is 0 Å². The van der Waals surface area contributed by atoms with Gasteiger partial charge in [-0.15, -0.1) is 0 Å². The molecule has 7 nitrogen and oxygen atoms in total. The Balaban J connectivity index is 1.48. The van der Waals surface area contributed by atoms with Crippen molar-refractivity contribution >= 4 is 46.6 Å². The number of rotatable bonds is 7. The molecule has 154 valence electrons. The summed E-state index contributed by atoms with van der Waals surface area (Å²) in [5.41, 5.74) is 1.19. The van der Waals surface area contributed by atoms with Crippen LogP contribution in [0.25, 0.3) is 0 Å². The molecule has 0 saturated heterocycles. The second kappa shape index (κ2) is 9.96. The molecule has 3 N–H and O–H groups in total. The summed E-state index contributed by atoms with van der Waals surface area (Å²) >= 11 is 11.7. The summed E-state index contributed by atoms with van der Waals surface area (Å²) in [4.78, 5) is 36.4. The molecule has 3 rings (SSSR count). The molecule has 3 amide bonds. The highest BCUT2D eigenvalue weighted by Crippen LogP contribution is 2.22. The van der Waals surface area contributed by atoms with Crippen molar-refractivity contribution < 1.29 is 18.8 Å². The number of hydrogen-bond donors (Lipinski definition) is 3. The maximum absolute atomic E-state index is 12.3. The molecule has 0 fully saturated rings. The van der Waals surface area contributed by atoms with Gasteiger partial charge in [0, 0.05) is 29.9 Å². The molecule has 0 radical (unpaired) electrons.